The molecule has 2 aromatic carbocycles. The van der Waals surface area contributed by atoms with Crippen LogP contribution < -0.4 is 5.32 Å². The summed E-state index contributed by atoms with van der Waals surface area (Å²) in [6.07, 6.45) is 12.0. The van der Waals surface area contributed by atoms with Crippen LogP contribution in [0.1, 0.15) is 104 Å². The molecule has 208 valence electrons. The Morgan fingerprint density at radius 1 is 0.872 bits per heavy atom. The maximum Gasteiger partial charge on any atom is 0.251 e. The Morgan fingerprint density at radius 2 is 1.54 bits per heavy atom. The van der Waals surface area contributed by atoms with Gasteiger partial charge in [-0.05, 0) is 75.8 Å². The van der Waals surface area contributed by atoms with Crippen molar-refractivity contribution in [1.29, 1.82) is 0 Å². The van der Waals surface area contributed by atoms with Gasteiger partial charge < -0.3 is 9.88 Å². The van der Waals surface area contributed by atoms with Gasteiger partial charge in [0.2, 0.25) is 10.0 Å². The van der Waals surface area contributed by atoms with Crippen LogP contribution in [0.25, 0.3) is 11.0 Å². The molecule has 3 aliphatic rings. The van der Waals surface area contributed by atoms with Crippen molar-refractivity contribution in [3.63, 3.8) is 0 Å². The van der Waals surface area contributed by atoms with Crippen LogP contribution in [0.4, 0.5) is 0 Å². The zero-order chi connectivity index (χ0) is 27.0. The standard InChI is InChI=1S/C31H40N4O3S/c1-22-11-14-27(15-12-22)39(37,38)34-19-17-23(18-20-34)30-33-28-21-24(31(36)32-25-7-5-6-8-25)13-16-29(28)35(30)26-9-3-2-4-10-26/h11-16,21,23,25-26H,2-10,17-20H2,1H3,(H,32,36). The zero-order valence-electron chi connectivity index (χ0n) is 22.9. The number of sulfonamides is 1. The molecule has 2 heterocycles. The SMILES string of the molecule is Cc1ccc(S(=O)(=O)N2CCC(c3nc4cc(C(=O)NC5CCCC5)ccc4n3C3CCCCC3)CC2)cc1. The second-order valence-corrected chi connectivity index (χ2v) is 13.7. The largest absolute Gasteiger partial charge is 0.349 e. The lowest BCUT2D eigenvalue weighted by molar-refractivity contribution is 0.0938. The third-order valence-corrected chi connectivity index (χ3v) is 11.0. The molecule has 3 fully saturated rings. The van der Waals surface area contributed by atoms with Crippen LogP contribution >= 0.6 is 0 Å². The number of rotatable bonds is 6. The second-order valence-electron chi connectivity index (χ2n) is 11.8. The summed E-state index contributed by atoms with van der Waals surface area (Å²) in [6.45, 7) is 2.94. The van der Waals surface area contributed by atoms with Crippen molar-refractivity contribution in [2.24, 2.45) is 0 Å². The van der Waals surface area contributed by atoms with E-state index in [9.17, 15) is 13.2 Å². The Labute approximate surface area is 232 Å². The van der Waals surface area contributed by atoms with Crippen LogP contribution in [-0.4, -0.2) is 47.3 Å². The van der Waals surface area contributed by atoms with Gasteiger partial charge in [-0.2, -0.15) is 4.31 Å². The van der Waals surface area contributed by atoms with Gasteiger partial charge in [0, 0.05) is 36.7 Å². The van der Waals surface area contributed by atoms with Crippen molar-refractivity contribution in [2.75, 3.05) is 13.1 Å². The van der Waals surface area contributed by atoms with Gasteiger partial charge in [-0.25, -0.2) is 13.4 Å². The normalized spacial score (nSPS) is 20.5. The third-order valence-electron chi connectivity index (χ3n) is 9.09. The van der Waals surface area contributed by atoms with Crippen molar-refractivity contribution < 1.29 is 13.2 Å². The van der Waals surface area contributed by atoms with Crippen molar-refractivity contribution in [3.05, 3.63) is 59.4 Å². The molecule has 0 unspecified atom stereocenters. The molecule has 1 aliphatic heterocycles. The van der Waals surface area contributed by atoms with E-state index in [0.29, 0.717) is 29.6 Å². The molecule has 8 heteroatoms. The molecule has 0 spiro atoms. The van der Waals surface area contributed by atoms with E-state index in [4.69, 9.17) is 4.98 Å². The molecule has 1 amide bonds. The van der Waals surface area contributed by atoms with Gasteiger partial charge in [0.1, 0.15) is 5.82 Å². The molecule has 1 aromatic heterocycles. The Hall–Kier alpha value is -2.71. The van der Waals surface area contributed by atoms with E-state index < -0.39 is 10.0 Å². The van der Waals surface area contributed by atoms with Gasteiger partial charge >= 0.3 is 0 Å². The Balaban J connectivity index is 1.26. The Kier molecular flexibility index (Phi) is 7.51. The summed E-state index contributed by atoms with van der Waals surface area (Å²) < 4.78 is 30.7. The number of fused-ring (bicyclic) bond motifs is 1. The highest BCUT2D eigenvalue weighted by Gasteiger charge is 2.33. The van der Waals surface area contributed by atoms with E-state index in [1.54, 1.807) is 16.4 Å². The van der Waals surface area contributed by atoms with Gasteiger partial charge in [0.15, 0.2) is 0 Å². The summed E-state index contributed by atoms with van der Waals surface area (Å²) in [7, 11) is -3.50. The number of benzene rings is 2. The predicted molar refractivity (Wildman–Crippen MR) is 153 cm³/mol. The van der Waals surface area contributed by atoms with Gasteiger partial charge in [-0.15, -0.1) is 0 Å². The van der Waals surface area contributed by atoms with Crippen molar-refractivity contribution >= 4 is 27.0 Å². The van der Waals surface area contributed by atoms with Gasteiger partial charge in [0.05, 0.1) is 15.9 Å². The highest BCUT2D eigenvalue weighted by Crippen LogP contribution is 2.38. The number of carbonyl (C=O) groups is 1. The lowest BCUT2D eigenvalue weighted by Gasteiger charge is -2.33. The first-order valence-corrected chi connectivity index (χ1v) is 16.2. The Morgan fingerprint density at radius 3 is 2.23 bits per heavy atom. The smallest absolute Gasteiger partial charge is 0.251 e. The highest BCUT2D eigenvalue weighted by atomic mass is 32.2. The first kappa shape index (κ1) is 26.5. The number of hydrogen-bond donors (Lipinski definition) is 1. The molecule has 39 heavy (non-hydrogen) atoms. The Bertz CT molecular complexity index is 1430. The summed E-state index contributed by atoms with van der Waals surface area (Å²) in [4.78, 5) is 18.5. The first-order valence-electron chi connectivity index (χ1n) is 14.8. The molecule has 6 rings (SSSR count). The molecule has 0 atom stereocenters. The lowest BCUT2D eigenvalue weighted by Crippen LogP contribution is -2.38. The van der Waals surface area contributed by atoms with Crippen LogP contribution in [-0.2, 0) is 10.0 Å². The number of nitrogens with one attached hydrogen (secondary N) is 1. The molecule has 7 nitrogen and oxygen atoms in total. The summed E-state index contributed by atoms with van der Waals surface area (Å²) in [6, 6.07) is 13.8. The molecule has 0 radical (unpaired) electrons. The van der Waals surface area contributed by atoms with Crippen LogP contribution in [0.2, 0.25) is 0 Å². The van der Waals surface area contributed by atoms with E-state index in [1.807, 2.05) is 31.2 Å². The number of imidazole rings is 1. The predicted octanol–water partition coefficient (Wildman–Crippen LogP) is 6.09. The molecule has 2 aliphatic carbocycles. The topological polar surface area (TPSA) is 84.3 Å². The van der Waals surface area contributed by atoms with E-state index in [2.05, 4.69) is 16.0 Å². The number of amides is 1. The summed E-state index contributed by atoms with van der Waals surface area (Å²) in [5, 5.41) is 3.21. The zero-order valence-corrected chi connectivity index (χ0v) is 23.8. The molecule has 3 aromatic rings. The number of carbonyl (C=O) groups excluding carboxylic acids is 1. The maximum absolute atomic E-state index is 13.3. The average Bonchev–Trinajstić information content (AvgIpc) is 3.61. The molecule has 1 saturated heterocycles. The van der Waals surface area contributed by atoms with E-state index in [-0.39, 0.29) is 17.9 Å². The minimum Gasteiger partial charge on any atom is -0.349 e. The average molecular weight is 549 g/mol. The summed E-state index contributed by atoms with van der Waals surface area (Å²) in [5.74, 6) is 1.25. The van der Waals surface area contributed by atoms with E-state index in [0.717, 1.165) is 60.9 Å². The number of piperidine rings is 1. The van der Waals surface area contributed by atoms with Crippen LogP contribution in [0.15, 0.2) is 47.4 Å². The van der Waals surface area contributed by atoms with Crippen molar-refractivity contribution in [1.82, 2.24) is 19.2 Å². The number of nitrogens with zero attached hydrogens (tertiary/aromatic N) is 3. The third kappa shape index (κ3) is 5.38. The fourth-order valence-electron chi connectivity index (χ4n) is 6.82. The lowest BCUT2D eigenvalue weighted by atomic mass is 9.93. The first-order chi connectivity index (χ1) is 18.9. The summed E-state index contributed by atoms with van der Waals surface area (Å²) >= 11 is 0. The van der Waals surface area contributed by atoms with E-state index in [1.165, 1.54) is 32.1 Å². The summed E-state index contributed by atoms with van der Waals surface area (Å²) in [5.41, 5.74) is 3.70. The molecule has 0 bridgehead atoms. The second kappa shape index (κ2) is 11.0. The monoisotopic (exact) mass is 548 g/mol. The highest BCUT2D eigenvalue weighted by molar-refractivity contribution is 7.89. The number of aryl methyl sites for hydroxylation is 1. The van der Waals surface area contributed by atoms with E-state index >= 15 is 0 Å². The van der Waals surface area contributed by atoms with Crippen LogP contribution in [0.3, 0.4) is 0 Å². The maximum atomic E-state index is 13.3. The minimum absolute atomic E-state index is 0.00723. The van der Waals surface area contributed by atoms with Gasteiger partial charge in [-0.3, -0.25) is 4.79 Å². The minimum atomic E-state index is -3.50. The number of hydrogen-bond acceptors (Lipinski definition) is 4. The van der Waals surface area contributed by atoms with Crippen LogP contribution in [0.5, 0.6) is 0 Å². The molecule has 2 saturated carbocycles. The molecular weight excluding hydrogens is 508 g/mol. The quantitative estimate of drug-likeness (QED) is 0.404. The molecular formula is C31H40N4O3S. The molecule has 1 N–H and O–H groups in total. The number of aromatic nitrogens is 2. The van der Waals surface area contributed by atoms with Gasteiger partial charge in [-0.1, -0.05) is 49.8 Å². The van der Waals surface area contributed by atoms with Crippen molar-refractivity contribution in [3.8, 4) is 0 Å². The fraction of sp³-hybridized carbons (Fsp3) is 0.548. The van der Waals surface area contributed by atoms with Crippen molar-refractivity contribution in [2.45, 2.75) is 100 Å². The van der Waals surface area contributed by atoms with Gasteiger partial charge in [0.25, 0.3) is 5.91 Å². The van der Waals surface area contributed by atoms with Crippen LogP contribution in [0, 0.1) is 6.92 Å². The fourth-order valence-corrected chi connectivity index (χ4v) is 8.29.